The van der Waals surface area contributed by atoms with Crippen LogP contribution in [0.3, 0.4) is 0 Å². The number of aryl methyl sites for hydroxylation is 1. The lowest BCUT2D eigenvalue weighted by Crippen LogP contribution is -2.27. The first-order valence-electron chi connectivity index (χ1n) is 10.8. The summed E-state index contributed by atoms with van der Waals surface area (Å²) in [6.45, 7) is 1.68. The number of amides is 2. The van der Waals surface area contributed by atoms with Gasteiger partial charge < -0.3 is 16.2 Å². The number of thiazole rings is 1. The average molecular weight is 533 g/mol. The highest BCUT2D eigenvalue weighted by Gasteiger charge is 2.23. The first-order chi connectivity index (χ1) is 17.7. The molecule has 0 spiro atoms. The summed E-state index contributed by atoms with van der Waals surface area (Å²) >= 11 is 6.11. The van der Waals surface area contributed by atoms with Crippen LogP contribution >= 0.6 is 23.6 Å². The van der Waals surface area contributed by atoms with Gasteiger partial charge in [-0.2, -0.15) is 5.10 Å². The van der Waals surface area contributed by atoms with Gasteiger partial charge in [0.25, 0.3) is 11.8 Å². The third-order valence-electron chi connectivity index (χ3n) is 5.20. The van der Waals surface area contributed by atoms with Crippen molar-refractivity contribution in [3.05, 3.63) is 82.1 Å². The Bertz CT molecular complexity index is 1570. The van der Waals surface area contributed by atoms with Crippen molar-refractivity contribution in [3.63, 3.8) is 0 Å². The van der Waals surface area contributed by atoms with Crippen LogP contribution in [0.5, 0.6) is 5.75 Å². The predicted molar refractivity (Wildman–Crippen MR) is 145 cm³/mol. The van der Waals surface area contributed by atoms with Crippen molar-refractivity contribution in [1.82, 2.24) is 15.4 Å². The maximum Gasteiger partial charge on any atom is 0.292 e. The number of hydrogen-bond acceptors (Lipinski definition) is 9. The topological polar surface area (TPSA) is 160 Å². The molecule has 0 aliphatic heterocycles. The summed E-state index contributed by atoms with van der Waals surface area (Å²) in [5.74, 6) is -2.20. The van der Waals surface area contributed by atoms with Crippen molar-refractivity contribution in [1.29, 1.82) is 0 Å². The van der Waals surface area contributed by atoms with Crippen LogP contribution in [0.4, 0.5) is 5.69 Å². The van der Waals surface area contributed by atoms with E-state index in [-0.39, 0.29) is 16.4 Å². The van der Waals surface area contributed by atoms with Crippen molar-refractivity contribution >= 4 is 68.3 Å². The van der Waals surface area contributed by atoms with E-state index in [4.69, 9.17) is 18.0 Å². The van der Waals surface area contributed by atoms with Crippen molar-refractivity contribution in [3.8, 4) is 5.75 Å². The van der Waals surface area contributed by atoms with Gasteiger partial charge in [0, 0.05) is 29.0 Å². The second-order valence-corrected chi connectivity index (χ2v) is 9.24. The van der Waals surface area contributed by atoms with Gasteiger partial charge in [0.05, 0.1) is 22.7 Å². The fourth-order valence-electron chi connectivity index (χ4n) is 3.42. The number of benzene rings is 2. The number of thiocarbonyl (C=S) groups is 1. The van der Waals surface area contributed by atoms with Crippen LogP contribution in [-0.4, -0.2) is 43.4 Å². The molecule has 12 heteroatoms. The number of nitrogens with zero attached hydrogens (tertiary/aromatic N) is 3. The minimum Gasteiger partial charge on any atom is -0.508 e. The minimum absolute atomic E-state index is 0.0224. The van der Waals surface area contributed by atoms with Gasteiger partial charge >= 0.3 is 0 Å². The van der Waals surface area contributed by atoms with Crippen molar-refractivity contribution < 1.29 is 19.5 Å². The molecule has 2 aromatic carbocycles. The summed E-state index contributed by atoms with van der Waals surface area (Å²) in [5.41, 5.74) is 9.40. The Kier molecular flexibility index (Phi) is 7.60. The lowest BCUT2D eigenvalue weighted by atomic mass is 10.1. The van der Waals surface area contributed by atoms with Gasteiger partial charge in [-0.15, -0.1) is 11.3 Å². The highest BCUT2D eigenvalue weighted by molar-refractivity contribution is 7.81. The van der Waals surface area contributed by atoms with E-state index in [0.29, 0.717) is 32.2 Å². The Labute approximate surface area is 220 Å². The molecule has 0 aliphatic carbocycles. The Morgan fingerprint density at radius 1 is 1.14 bits per heavy atom. The fourth-order valence-corrected chi connectivity index (χ4v) is 4.50. The molecule has 2 amide bonds. The lowest BCUT2D eigenvalue weighted by molar-refractivity contribution is -0.134. The van der Waals surface area contributed by atoms with E-state index < -0.39 is 24.0 Å². The Morgan fingerprint density at radius 2 is 1.89 bits per heavy atom. The third kappa shape index (κ3) is 6.00. The minimum atomic E-state index is -0.888. The molecule has 2 aromatic heterocycles. The van der Waals surface area contributed by atoms with Gasteiger partial charge in [0.1, 0.15) is 10.7 Å². The van der Waals surface area contributed by atoms with Gasteiger partial charge in [-0.3, -0.25) is 19.4 Å². The van der Waals surface area contributed by atoms with Crippen LogP contribution in [0.25, 0.3) is 10.8 Å². The second kappa shape index (κ2) is 11.0. The van der Waals surface area contributed by atoms with Gasteiger partial charge in [-0.25, -0.2) is 10.4 Å². The number of hydrogen-bond donors (Lipinski definition) is 4. The summed E-state index contributed by atoms with van der Waals surface area (Å²) in [6.07, 6.45) is 2.49. The Balaban J connectivity index is 1.60. The van der Waals surface area contributed by atoms with E-state index in [1.165, 1.54) is 36.7 Å². The normalized spacial score (nSPS) is 11.2. The second-order valence-electron chi connectivity index (χ2n) is 7.80. The molecule has 0 saturated heterocycles. The molecule has 0 aliphatic rings. The van der Waals surface area contributed by atoms with Gasteiger partial charge in [-0.05, 0) is 42.6 Å². The number of phenolic OH excluding ortho intramolecular Hbond substituents is 1. The number of phenols is 1. The summed E-state index contributed by atoms with van der Waals surface area (Å²) in [6, 6.07) is 12.9. The van der Waals surface area contributed by atoms with Crippen LogP contribution in [0.2, 0.25) is 0 Å². The molecule has 37 heavy (non-hydrogen) atoms. The number of Topliss-reactive ketones (excluding diaryl/α,β-unsaturated/α-hetero) is 1. The largest absolute Gasteiger partial charge is 0.508 e. The zero-order valence-corrected chi connectivity index (χ0v) is 21.0. The maximum atomic E-state index is 13.0. The summed E-state index contributed by atoms with van der Waals surface area (Å²) in [5, 5.41) is 18.3. The number of rotatable bonds is 8. The summed E-state index contributed by atoms with van der Waals surface area (Å²) in [7, 11) is 0. The highest BCUT2D eigenvalue weighted by atomic mass is 32.1. The zero-order valence-electron chi connectivity index (χ0n) is 19.4. The molecule has 5 N–H and O–H groups in total. The van der Waals surface area contributed by atoms with Crippen molar-refractivity contribution in [2.24, 2.45) is 10.8 Å². The van der Waals surface area contributed by atoms with Crippen molar-refractivity contribution in [2.45, 2.75) is 13.3 Å². The Morgan fingerprint density at radius 3 is 2.59 bits per heavy atom. The molecule has 4 aromatic rings. The van der Waals surface area contributed by atoms with E-state index >= 15 is 0 Å². The molecular weight excluding hydrogens is 512 g/mol. The molecule has 0 radical (unpaired) electrons. The van der Waals surface area contributed by atoms with Crippen LogP contribution in [0.1, 0.15) is 32.4 Å². The smallest absolute Gasteiger partial charge is 0.292 e. The number of anilines is 1. The number of aromatic nitrogens is 2. The van der Waals surface area contributed by atoms with E-state index in [2.05, 4.69) is 25.8 Å². The van der Waals surface area contributed by atoms with E-state index in [1.54, 1.807) is 25.1 Å². The standard InChI is InChI=1S/C25H20N6O4S2/c1-13-21(37-25(28-13)22(26)36)19(30-31-23(34)15-7-9-27-10-8-15)12-20(33)24(35)29-18-4-2-3-14-5-6-16(32)11-17(14)18/h2-11,32H,12H2,1H3,(H2,26,36)(H,29,35)(H,31,34). The first-order valence-corrected chi connectivity index (χ1v) is 12.1. The van der Waals surface area contributed by atoms with Crippen LogP contribution in [0, 0.1) is 6.92 Å². The van der Waals surface area contributed by atoms with Gasteiger partial charge in [0.2, 0.25) is 5.78 Å². The molecule has 0 saturated carbocycles. The number of fused-ring (bicyclic) bond motifs is 1. The summed E-state index contributed by atoms with van der Waals surface area (Å²) in [4.78, 5) is 47.0. The lowest BCUT2D eigenvalue weighted by Gasteiger charge is -2.10. The number of aromatic hydroxyl groups is 1. The van der Waals surface area contributed by atoms with Gasteiger partial charge in [-0.1, -0.05) is 30.4 Å². The van der Waals surface area contributed by atoms with Gasteiger partial charge in [0.15, 0.2) is 5.01 Å². The third-order valence-corrected chi connectivity index (χ3v) is 6.76. The first kappa shape index (κ1) is 25.5. The monoisotopic (exact) mass is 532 g/mol. The average Bonchev–Trinajstić information content (AvgIpc) is 3.28. The quantitative estimate of drug-likeness (QED) is 0.117. The number of pyridine rings is 1. The van der Waals surface area contributed by atoms with Crippen LogP contribution in [0.15, 0.2) is 66.0 Å². The molecule has 0 bridgehead atoms. The van der Waals surface area contributed by atoms with E-state index in [0.717, 1.165) is 16.7 Å². The van der Waals surface area contributed by atoms with E-state index in [9.17, 15) is 19.5 Å². The number of carbonyl (C=O) groups excluding carboxylic acids is 3. The van der Waals surface area contributed by atoms with Crippen LogP contribution < -0.4 is 16.5 Å². The number of nitrogens with two attached hydrogens (primary N) is 1. The van der Waals surface area contributed by atoms with E-state index in [1.807, 2.05) is 6.07 Å². The summed E-state index contributed by atoms with van der Waals surface area (Å²) < 4.78 is 0. The molecular formula is C25H20N6O4S2. The fraction of sp³-hybridized carbons (Fsp3) is 0.0800. The number of nitrogens with one attached hydrogen (secondary N) is 2. The SMILES string of the molecule is Cc1nc(C(N)=S)sc1C(CC(=O)C(=O)Nc1cccc2ccc(O)cc12)=NNC(=O)c1ccncc1. The predicted octanol–water partition coefficient (Wildman–Crippen LogP) is 3.07. The molecule has 0 atom stereocenters. The highest BCUT2D eigenvalue weighted by Crippen LogP contribution is 2.27. The molecule has 0 fully saturated rings. The number of ketones is 1. The number of carbonyl (C=O) groups is 3. The molecule has 0 unspecified atom stereocenters. The molecule has 2 heterocycles. The van der Waals surface area contributed by atoms with Crippen molar-refractivity contribution in [2.75, 3.05) is 5.32 Å². The Hall–Kier alpha value is -4.55. The molecule has 10 nitrogen and oxygen atoms in total. The zero-order chi connectivity index (χ0) is 26.5. The maximum absolute atomic E-state index is 13.0. The number of hydrazone groups is 1. The molecule has 4 rings (SSSR count). The van der Waals surface area contributed by atoms with Crippen LogP contribution in [-0.2, 0) is 9.59 Å². The molecule has 186 valence electrons.